The Labute approximate surface area is 84.3 Å². The maximum absolute atomic E-state index is 13.8. The number of halogens is 1. The van der Waals surface area contributed by atoms with Crippen molar-refractivity contribution in [2.75, 3.05) is 13.1 Å². The van der Waals surface area contributed by atoms with E-state index in [1.54, 1.807) is 0 Å². The largest absolute Gasteiger partial charge is 0.316 e. The number of aryl methyl sites for hydroxylation is 1. The first-order chi connectivity index (χ1) is 6.79. The monoisotopic (exact) mass is 193 g/mol. The molecule has 14 heavy (non-hydrogen) atoms. The lowest BCUT2D eigenvalue weighted by Gasteiger charge is -2.23. The van der Waals surface area contributed by atoms with E-state index in [1.807, 2.05) is 25.1 Å². The van der Waals surface area contributed by atoms with Crippen LogP contribution in [0.3, 0.4) is 0 Å². The fraction of sp³-hybridized carbons (Fsp3) is 0.500. The molecule has 1 aliphatic rings. The summed E-state index contributed by atoms with van der Waals surface area (Å²) in [5.74, 6) is 0.352. The Morgan fingerprint density at radius 1 is 1.43 bits per heavy atom. The zero-order valence-corrected chi connectivity index (χ0v) is 8.52. The van der Waals surface area contributed by atoms with Crippen LogP contribution in [0.2, 0.25) is 0 Å². The molecule has 1 fully saturated rings. The molecule has 0 aliphatic carbocycles. The van der Waals surface area contributed by atoms with Gasteiger partial charge in [-0.2, -0.15) is 0 Å². The van der Waals surface area contributed by atoms with Gasteiger partial charge >= 0.3 is 0 Å². The third-order valence-electron chi connectivity index (χ3n) is 2.96. The third-order valence-corrected chi connectivity index (χ3v) is 2.96. The van der Waals surface area contributed by atoms with Crippen LogP contribution in [0.4, 0.5) is 4.39 Å². The molecule has 76 valence electrons. The minimum Gasteiger partial charge on any atom is -0.316 e. The van der Waals surface area contributed by atoms with E-state index in [4.69, 9.17) is 0 Å². The van der Waals surface area contributed by atoms with Gasteiger partial charge in [0.15, 0.2) is 0 Å². The zero-order valence-electron chi connectivity index (χ0n) is 8.52. The van der Waals surface area contributed by atoms with Gasteiger partial charge in [-0.25, -0.2) is 4.39 Å². The number of hydrogen-bond acceptors (Lipinski definition) is 1. The van der Waals surface area contributed by atoms with Gasteiger partial charge in [0, 0.05) is 6.54 Å². The lowest BCUT2D eigenvalue weighted by molar-refractivity contribution is 0.445. The van der Waals surface area contributed by atoms with E-state index in [0.29, 0.717) is 5.92 Å². The molecule has 1 saturated heterocycles. The van der Waals surface area contributed by atoms with Crippen molar-refractivity contribution in [2.45, 2.75) is 25.7 Å². The maximum Gasteiger partial charge on any atom is 0.129 e. The van der Waals surface area contributed by atoms with Crippen molar-refractivity contribution in [3.8, 4) is 0 Å². The molecule has 0 bridgehead atoms. The van der Waals surface area contributed by atoms with Crippen molar-refractivity contribution >= 4 is 0 Å². The van der Waals surface area contributed by atoms with E-state index in [9.17, 15) is 4.39 Å². The van der Waals surface area contributed by atoms with Gasteiger partial charge in [-0.3, -0.25) is 0 Å². The fourth-order valence-electron chi connectivity index (χ4n) is 2.10. The molecule has 0 amide bonds. The Balaban J connectivity index is 2.26. The summed E-state index contributed by atoms with van der Waals surface area (Å²) in [5, 5.41) is 3.31. The molecule has 1 nitrogen and oxygen atoms in total. The maximum atomic E-state index is 13.8. The van der Waals surface area contributed by atoms with Gasteiger partial charge in [0.25, 0.3) is 0 Å². The third kappa shape index (κ3) is 1.80. The van der Waals surface area contributed by atoms with Crippen LogP contribution in [0, 0.1) is 12.7 Å². The smallest absolute Gasteiger partial charge is 0.129 e. The van der Waals surface area contributed by atoms with Gasteiger partial charge < -0.3 is 5.32 Å². The fourth-order valence-corrected chi connectivity index (χ4v) is 2.10. The molecule has 2 heteroatoms. The van der Waals surface area contributed by atoms with Gasteiger partial charge in [-0.15, -0.1) is 0 Å². The normalized spacial score (nSPS) is 22.3. The SMILES string of the molecule is Cc1cccc(C2CCCNC2)c1F. The number of nitrogens with one attached hydrogen (secondary N) is 1. The lowest BCUT2D eigenvalue weighted by atomic mass is 9.90. The van der Waals surface area contributed by atoms with Gasteiger partial charge in [0.2, 0.25) is 0 Å². The molecule has 0 spiro atoms. The molecule has 0 radical (unpaired) electrons. The molecule has 1 N–H and O–H groups in total. The Kier molecular flexibility index (Phi) is 2.82. The summed E-state index contributed by atoms with van der Waals surface area (Å²) in [4.78, 5) is 0. The quantitative estimate of drug-likeness (QED) is 0.723. The van der Waals surface area contributed by atoms with Crippen LogP contribution in [-0.4, -0.2) is 13.1 Å². The van der Waals surface area contributed by atoms with Crippen LogP contribution in [-0.2, 0) is 0 Å². The first kappa shape index (κ1) is 9.66. The molecule has 0 saturated carbocycles. The molecule has 0 aromatic heterocycles. The number of rotatable bonds is 1. The first-order valence-corrected chi connectivity index (χ1v) is 5.25. The van der Waals surface area contributed by atoms with E-state index in [2.05, 4.69) is 5.32 Å². The molecule has 1 aromatic carbocycles. The average molecular weight is 193 g/mol. The van der Waals surface area contributed by atoms with Crippen LogP contribution in [0.1, 0.15) is 29.9 Å². The number of benzene rings is 1. The molecule has 2 rings (SSSR count). The molecule has 1 atom stereocenters. The van der Waals surface area contributed by atoms with Gasteiger partial charge in [-0.1, -0.05) is 18.2 Å². The van der Waals surface area contributed by atoms with Crippen molar-refractivity contribution in [2.24, 2.45) is 0 Å². The number of piperidine rings is 1. The summed E-state index contributed by atoms with van der Waals surface area (Å²) >= 11 is 0. The highest BCUT2D eigenvalue weighted by Gasteiger charge is 2.18. The van der Waals surface area contributed by atoms with Crippen molar-refractivity contribution < 1.29 is 4.39 Å². The Morgan fingerprint density at radius 2 is 2.29 bits per heavy atom. The molecule has 1 unspecified atom stereocenters. The lowest BCUT2D eigenvalue weighted by Crippen LogP contribution is -2.28. The van der Waals surface area contributed by atoms with Gasteiger partial charge in [0.1, 0.15) is 5.82 Å². The van der Waals surface area contributed by atoms with Crippen molar-refractivity contribution in [1.29, 1.82) is 0 Å². The van der Waals surface area contributed by atoms with Crippen molar-refractivity contribution in [3.63, 3.8) is 0 Å². The van der Waals surface area contributed by atoms with Crippen LogP contribution < -0.4 is 5.32 Å². The second-order valence-corrected chi connectivity index (χ2v) is 4.02. The van der Waals surface area contributed by atoms with E-state index in [1.165, 1.54) is 0 Å². The predicted molar refractivity (Wildman–Crippen MR) is 56.0 cm³/mol. The standard InChI is InChI=1S/C12H16FN/c1-9-4-2-6-11(12(9)13)10-5-3-7-14-8-10/h2,4,6,10,14H,3,5,7-8H2,1H3. The Hall–Kier alpha value is -0.890. The summed E-state index contributed by atoms with van der Waals surface area (Å²) in [7, 11) is 0. The minimum absolute atomic E-state index is 0.0128. The molecular formula is C12H16FN. The molecule has 1 aromatic rings. The second kappa shape index (κ2) is 4.09. The molecular weight excluding hydrogens is 177 g/mol. The summed E-state index contributed by atoms with van der Waals surface area (Å²) in [6, 6.07) is 5.69. The summed E-state index contributed by atoms with van der Waals surface area (Å²) < 4.78 is 13.8. The molecule has 1 aliphatic heterocycles. The zero-order chi connectivity index (χ0) is 9.97. The summed E-state index contributed by atoms with van der Waals surface area (Å²) in [5.41, 5.74) is 1.64. The highest BCUT2D eigenvalue weighted by Crippen LogP contribution is 2.26. The second-order valence-electron chi connectivity index (χ2n) is 4.02. The summed E-state index contributed by atoms with van der Waals surface area (Å²) in [6.07, 6.45) is 2.26. The van der Waals surface area contributed by atoms with Crippen LogP contribution >= 0.6 is 0 Å². The van der Waals surface area contributed by atoms with Crippen LogP contribution in [0.25, 0.3) is 0 Å². The summed E-state index contributed by atoms with van der Waals surface area (Å²) in [6.45, 7) is 3.82. The Bertz CT molecular complexity index is 316. The average Bonchev–Trinajstić information content (AvgIpc) is 2.23. The molecule has 1 heterocycles. The van der Waals surface area contributed by atoms with Gasteiger partial charge in [0.05, 0.1) is 0 Å². The minimum atomic E-state index is -0.0128. The van der Waals surface area contributed by atoms with Crippen LogP contribution in [0.15, 0.2) is 18.2 Å². The van der Waals surface area contributed by atoms with Gasteiger partial charge in [-0.05, 0) is 43.4 Å². The van der Waals surface area contributed by atoms with E-state index in [-0.39, 0.29) is 5.82 Å². The van der Waals surface area contributed by atoms with E-state index in [0.717, 1.165) is 37.1 Å². The highest BCUT2D eigenvalue weighted by atomic mass is 19.1. The van der Waals surface area contributed by atoms with Crippen molar-refractivity contribution in [1.82, 2.24) is 5.32 Å². The number of hydrogen-bond donors (Lipinski definition) is 1. The topological polar surface area (TPSA) is 12.0 Å². The Morgan fingerprint density at radius 3 is 3.00 bits per heavy atom. The highest BCUT2D eigenvalue weighted by molar-refractivity contribution is 5.28. The van der Waals surface area contributed by atoms with Crippen LogP contribution in [0.5, 0.6) is 0 Å². The predicted octanol–water partition coefficient (Wildman–Crippen LogP) is 2.60. The van der Waals surface area contributed by atoms with E-state index < -0.39 is 0 Å². The van der Waals surface area contributed by atoms with Crippen molar-refractivity contribution in [3.05, 3.63) is 35.1 Å². The first-order valence-electron chi connectivity index (χ1n) is 5.25. The van der Waals surface area contributed by atoms with E-state index >= 15 is 0 Å².